The predicted octanol–water partition coefficient (Wildman–Crippen LogP) is -0.476. The van der Waals surface area contributed by atoms with E-state index in [1.165, 1.54) is 0 Å². The Balaban J connectivity index is 2.67. The lowest BCUT2D eigenvalue weighted by Crippen LogP contribution is -2.49. The normalized spacial score (nSPS) is 29.7. The molecule has 0 aromatic rings. The largest absolute Gasteiger partial charge is 0.481 e. The van der Waals surface area contributed by atoms with Crippen LogP contribution < -0.4 is 5.32 Å². The molecule has 1 aliphatic heterocycles. The van der Waals surface area contributed by atoms with Crippen molar-refractivity contribution < 1.29 is 19.8 Å². The van der Waals surface area contributed by atoms with Crippen LogP contribution in [-0.4, -0.2) is 34.7 Å². The van der Waals surface area contributed by atoms with Gasteiger partial charge in [-0.15, -0.1) is 0 Å². The molecule has 1 rings (SSSR count). The molecule has 68 valence electrons. The van der Waals surface area contributed by atoms with Crippen LogP contribution in [0, 0.1) is 5.92 Å². The lowest BCUT2D eigenvalue weighted by molar-refractivity contribution is -0.152. The second-order valence-electron chi connectivity index (χ2n) is 2.86. The molecule has 0 spiro atoms. The molecule has 0 saturated carbocycles. The Morgan fingerprint density at radius 1 is 1.25 bits per heavy atom. The van der Waals surface area contributed by atoms with Crippen LogP contribution in [0.4, 0.5) is 0 Å². The third-order valence-electron chi connectivity index (χ3n) is 2.04. The van der Waals surface area contributed by atoms with Crippen LogP contribution in [0.3, 0.4) is 0 Å². The van der Waals surface area contributed by atoms with Gasteiger partial charge in [0.2, 0.25) is 0 Å². The highest BCUT2D eigenvalue weighted by Crippen LogP contribution is 2.16. The van der Waals surface area contributed by atoms with E-state index in [2.05, 4.69) is 5.32 Å². The lowest BCUT2D eigenvalue weighted by atomic mass is 9.91. The van der Waals surface area contributed by atoms with E-state index < -0.39 is 23.9 Å². The van der Waals surface area contributed by atoms with E-state index in [1.54, 1.807) is 0 Å². The van der Waals surface area contributed by atoms with Crippen LogP contribution in [0.1, 0.15) is 12.8 Å². The Morgan fingerprint density at radius 3 is 2.33 bits per heavy atom. The van der Waals surface area contributed by atoms with Gasteiger partial charge in [0.15, 0.2) is 0 Å². The number of nitrogens with one attached hydrogen (secondary N) is 1. The topological polar surface area (TPSA) is 86.6 Å². The number of carboxylic acids is 2. The quantitative estimate of drug-likeness (QED) is 0.525. The molecule has 5 nitrogen and oxygen atoms in total. The molecule has 1 fully saturated rings. The van der Waals surface area contributed by atoms with Crippen molar-refractivity contribution in [3.8, 4) is 0 Å². The lowest BCUT2D eigenvalue weighted by Gasteiger charge is -2.26. The van der Waals surface area contributed by atoms with Crippen molar-refractivity contribution in [2.45, 2.75) is 18.9 Å². The third-order valence-corrected chi connectivity index (χ3v) is 2.04. The summed E-state index contributed by atoms with van der Waals surface area (Å²) < 4.78 is 0. The van der Waals surface area contributed by atoms with Gasteiger partial charge in [0, 0.05) is 0 Å². The van der Waals surface area contributed by atoms with E-state index in [0.29, 0.717) is 13.0 Å². The molecule has 1 unspecified atom stereocenters. The minimum Gasteiger partial charge on any atom is -0.481 e. The van der Waals surface area contributed by atoms with Crippen LogP contribution in [0.5, 0.6) is 0 Å². The third kappa shape index (κ3) is 1.73. The SMILES string of the molecule is O=C(O)C1CCCN[C@@H]1C(=O)O. The van der Waals surface area contributed by atoms with Crippen molar-refractivity contribution in [1.29, 1.82) is 0 Å². The molecule has 0 radical (unpaired) electrons. The fourth-order valence-corrected chi connectivity index (χ4v) is 1.41. The van der Waals surface area contributed by atoms with Gasteiger partial charge in [-0.25, -0.2) is 0 Å². The fraction of sp³-hybridized carbons (Fsp3) is 0.714. The standard InChI is InChI=1S/C7H11NO4/c9-6(10)4-2-1-3-8-5(4)7(11)12/h4-5,8H,1-3H2,(H,9,10)(H,11,12)/t4?,5-/m0/s1. The Labute approximate surface area is 69.4 Å². The smallest absolute Gasteiger partial charge is 0.321 e. The Kier molecular flexibility index (Phi) is 2.65. The number of piperidine rings is 1. The van der Waals surface area contributed by atoms with Gasteiger partial charge in [-0.1, -0.05) is 0 Å². The van der Waals surface area contributed by atoms with E-state index >= 15 is 0 Å². The van der Waals surface area contributed by atoms with Gasteiger partial charge in [-0.05, 0) is 19.4 Å². The summed E-state index contributed by atoms with van der Waals surface area (Å²) >= 11 is 0. The first-order valence-corrected chi connectivity index (χ1v) is 3.82. The molecular formula is C7H11NO4. The van der Waals surface area contributed by atoms with Gasteiger partial charge in [-0.2, -0.15) is 0 Å². The summed E-state index contributed by atoms with van der Waals surface area (Å²) in [6.45, 7) is 0.584. The number of carboxylic acid groups (broad SMARTS) is 2. The fourth-order valence-electron chi connectivity index (χ4n) is 1.41. The maximum Gasteiger partial charge on any atom is 0.321 e. The molecular weight excluding hydrogens is 162 g/mol. The molecule has 0 aromatic carbocycles. The first-order valence-electron chi connectivity index (χ1n) is 3.82. The first kappa shape index (κ1) is 8.99. The van der Waals surface area contributed by atoms with Crippen molar-refractivity contribution in [2.75, 3.05) is 6.54 Å². The van der Waals surface area contributed by atoms with E-state index in [0.717, 1.165) is 6.42 Å². The molecule has 2 atom stereocenters. The molecule has 5 heteroatoms. The van der Waals surface area contributed by atoms with Crippen LogP contribution in [0.25, 0.3) is 0 Å². The molecule has 1 aliphatic rings. The van der Waals surface area contributed by atoms with Crippen LogP contribution in [-0.2, 0) is 9.59 Å². The van der Waals surface area contributed by atoms with Gasteiger partial charge < -0.3 is 15.5 Å². The minimum atomic E-state index is -1.08. The first-order chi connectivity index (χ1) is 5.63. The monoisotopic (exact) mass is 173 g/mol. The number of rotatable bonds is 2. The number of aliphatic carboxylic acids is 2. The minimum absolute atomic E-state index is 0.444. The van der Waals surface area contributed by atoms with Crippen molar-refractivity contribution in [3.63, 3.8) is 0 Å². The summed E-state index contributed by atoms with van der Waals surface area (Å²) in [5.41, 5.74) is 0. The molecule has 12 heavy (non-hydrogen) atoms. The maximum atomic E-state index is 10.6. The second kappa shape index (κ2) is 3.53. The van der Waals surface area contributed by atoms with Crippen LogP contribution in [0.2, 0.25) is 0 Å². The van der Waals surface area contributed by atoms with Crippen molar-refractivity contribution >= 4 is 11.9 Å². The zero-order valence-corrected chi connectivity index (χ0v) is 6.49. The Hall–Kier alpha value is -1.10. The number of hydrogen-bond acceptors (Lipinski definition) is 3. The van der Waals surface area contributed by atoms with E-state index in [1.807, 2.05) is 0 Å². The summed E-state index contributed by atoms with van der Waals surface area (Å²) in [5, 5.41) is 20.0. The zero-order chi connectivity index (χ0) is 9.14. The van der Waals surface area contributed by atoms with Gasteiger partial charge in [-0.3, -0.25) is 9.59 Å². The highest BCUT2D eigenvalue weighted by Gasteiger charge is 2.35. The van der Waals surface area contributed by atoms with E-state index in [9.17, 15) is 9.59 Å². The van der Waals surface area contributed by atoms with Crippen molar-refractivity contribution in [1.82, 2.24) is 5.32 Å². The molecule has 1 saturated heterocycles. The highest BCUT2D eigenvalue weighted by molar-refractivity contribution is 5.82. The summed E-state index contributed by atoms with van der Waals surface area (Å²) in [5.74, 6) is -2.90. The Bertz CT molecular complexity index is 182. The van der Waals surface area contributed by atoms with Gasteiger partial charge >= 0.3 is 11.9 Å². The molecule has 0 bridgehead atoms. The zero-order valence-electron chi connectivity index (χ0n) is 6.49. The van der Waals surface area contributed by atoms with Crippen LogP contribution >= 0.6 is 0 Å². The van der Waals surface area contributed by atoms with Crippen molar-refractivity contribution in [2.24, 2.45) is 5.92 Å². The van der Waals surface area contributed by atoms with Gasteiger partial charge in [0.1, 0.15) is 6.04 Å². The number of hydrogen-bond donors (Lipinski definition) is 3. The van der Waals surface area contributed by atoms with Crippen LogP contribution in [0.15, 0.2) is 0 Å². The van der Waals surface area contributed by atoms with E-state index in [4.69, 9.17) is 10.2 Å². The summed E-state index contributed by atoms with van der Waals surface area (Å²) in [7, 11) is 0. The predicted molar refractivity (Wildman–Crippen MR) is 39.8 cm³/mol. The average Bonchev–Trinajstić information content (AvgIpc) is 2.04. The molecule has 0 amide bonds. The molecule has 0 aliphatic carbocycles. The maximum absolute atomic E-state index is 10.6. The highest BCUT2D eigenvalue weighted by atomic mass is 16.4. The Morgan fingerprint density at radius 2 is 1.92 bits per heavy atom. The molecule has 3 N–H and O–H groups in total. The second-order valence-corrected chi connectivity index (χ2v) is 2.86. The summed E-state index contributed by atoms with van der Waals surface area (Å²) in [4.78, 5) is 21.1. The van der Waals surface area contributed by atoms with Crippen molar-refractivity contribution in [3.05, 3.63) is 0 Å². The summed E-state index contributed by atoms with van der Waals surface area (Å²) in [6.07, 6.45) is 1.17. The van der Waals surface area contributed by atoms with Gasteiger partial charge in [0.05, 0.1) is 5.92 Å². The van der Waals surface area contributed by atoms with Gasteiger partial charge in [0.25, 0.3) is 0 Å². The molecule has 1 heterocycles. The summed E-state index contributed by atoms with van der Waals surface area (Å²) in [6, 6.07) is -0.920. The van der Waals surface area contributed by atoms with E-state index in [-0.39, 0.29) is 0 Å². The molecule has 0 aromatic heterocycles. The number of carbonyl (C=O) groups is 2. The average molecular weight is 173 g/mol.